The molecule has 9 aromatic carbocycles. The Hall–Kier alpha value is -7.40. The molecule has 13 rings (SSSR count). The maximum atomic E-state index is 8.73. The van der Waals surface area contributed by atoms with Crippen LogP contribution < -0.4 is 0 Å². The number of thiophene rings is 1. The monoisotopic (exact) mass is 761 g/mol. The van der Waals surface area contributed by atoms with E-state index in [1.54, 1.807) is 11.3 Å². The van der Waals surface area contributed by atoms with Crippen molar-refractivity contribution in [1.82, 2.24) is 9.13 Å². The molecule has 270 valence electrons. The molecule has 4 aromatic heterocycles. The molecule has 0 radical (unpaired) electrons. The summed E-state index contributed by atoms with van der Waals surface area (Å²) in [6.45, 7) is 0. The van der Waals surface area contributed by atoms with E-state index in [0.29, 0.717) is 5.56 Å². The fraction of sp³-hybridized carbons (Fsp3) is 0. The van der Waals surface area contributed by atoms with E-state index in [2.05, 4.69) is 143 Å². The zero-order valence-electron chi connectivity index (χ0n) is 35.8. The molecule has 4 heterocycles. The van der Waals surface area contributed by atoms with Gasteiger partial charge in [-0.2, -0.15) is 0 Å². The van der Waals surface area contributed by atoms with Gasteiger partial charge in [-0.15, -0.1) is 11.3 Å². The Morgan fingerprint density at radius 2 is 1.07 bits per heavy atom. The maximum Gasteiger partial charge on any atom is 0.159 e. The van der Waals surface area contributed by atoms with Crippen molar-refractivity contribution in [2.24, 2.45) is 0 Å². The van der Waals surface area contributed by atoms with Crippen LogP contribution in [-0.4, -0.2) is 9.13 Å². The quantitative estimate of drug-likeness (QED) is 0.175. The van der Waals surface area contributed by atoms with Crippen LogP contribution in [0.1, 0.15) is 6.85 Å². The Bertz CT molecular complexity index is 4090. The Morgan fingerprint density at radius 3 is 1.84 bits per heavy atom. The highest BCUT2D eigenvalue weighted by Gasteiger charge is 2.20. The Kier molecular flexibility index (Phi) is 5.66. The largest absolute Gasteiger partial charge is 0.454 e. The number of hydrogen-bond acceptors (Lipinski definition) is 2. The van der Waals surface area contributed by atoms with Crippen LogP contribution in [0.2, 0.25) is 0 Å². The molecule has 0 saturated carbocycles. The van der Waals surface area contributed by atoms with Gasteiger partial charge in [0.2, 0.25) is 0 Å². The first kappa shape index (κ1) is 27.2. The highest BCUT2D eigenvalue weighted by molar-refractivity contribution is 7.26. The SMILES string of the molecule is [2H]c1c([2H])c([2H])c(-c2cccc3sc4cc(-n5c6ccccc6c6cc(-c7ccc8c(c7)c7ccccc7n8-c7cccc8c7oc7ccccc78)ccc65)ccc4c23)c([2H])c1[2H]. The first-order valence-corrected chi connectivity index (χ1v) is 20.2. The van der Waals surface area contributed by atoms with Gasteiger partial charge in [0.05, 0.1) is 34.6 Å². The van der Waals surface area contributed by atoms with Crippen LogP contribution >= 0.6 is 11.3 Å². The van der Waals surface area contributed by atoms with Crippen LogP contribution in [0.5, 0.6) is 0 Å². The standard InChI is InChI=1S/C54H32N2OS/c1-2-12-33(13-3-1)37-17-11-23-51-53(37)42-27-26-36(32-52(42)58-51)55-45-19-7-4-14-38(45)43-30-34(24-28-47(43)55)35-25-29-48-44(31-35)39-15-5-8-20-46(39)56(48)49-21-10-18-41-40-16-6-9-22-50(40)57-54(41)49/h1-32H/i1D,2D,3D,12D,13D. The first-order chi connectivity index (χ1) is 30.8. The summed E-state index contributed by atoms with van der Waals surface area (Å²) in [7, 11) is 0. The van der Waals surface area contributed by atoms with E-state index in [9.17, 15) is 0 Å². The van der Waals surface area contributed by atoms with E-state index in [-0.39, 0.29) is 29.7 Å². The molecule has 0 N–H and O–H groups in total. The average molecular weight is 762 g/mol. The van der Waals surface area contributed by atoms with Crippen molar-refractivity contribution in [2.75, 3.05) is 0 Å². The Morgan fingerprint density at radius 1 is 0.431 bits per heavy atom. The molecule has 3 nitrogen and oxygen atoms in total. The molecule has 0 aliphatic rings. The smallest absolute Gasteiger partial charge is 0.159 e. The lowest BCUT2D eigenvalue weighted by Crippen LogP contribution is -1.94. The predicted molar refractivity (Wildman–Crippen MR) is 246 cm³/mol. The average Bonchev–Trinajstić information content (AvgIpc) is 4.07. The summed E-state index contributed by atoms with van der Waals surface area (Å²) in [5.41, 5.74) is 11.3. The third-order valence-corrected chi connectivity index (χ3v) is 12.9. The molecule has 4 heteroatoms. The van der Waals surface area contributed by atoms with Gasteiger partial charge in [0, 0.05) is 58.2 Å². The normalized spacial score (nSPS) is 13.3. The van der Waals surface area contributed by atoms with Gasteiger partial charge in [0.25, 0.3) is 0 Å². The molecule has 0 aliphatic carbocycles. The summed E-state index contributed by atoms with van der Waals surface area (Å²) in [5, 5.41) is 8.74. The van der Waals surface area contributed by atoms with Crippen molar-refractivity contribution in [3.8, 4) is 33.6 Å². The number of hydrogen-bond donors (Lipinski definition) is 0. The molecule has 13 aromatic rings. The zero-order valence-corrected chi connectivity index (χ0v) is 31.6. The lowest BCUT2D eigenvalue weighted by Gasteiger charge is -2.10. The van der Waals surface area contributed by atoms with Gasteiger partial charge < -0.3 is 13.6 Å². The fourth-order valence-electron chi connectivity index (χ4n) is 9.30. The van der Waals surface area contributed by atoms with Crippen LogP contribution in [0.15, 0.2) is 198 Å². The van der Waals surface area contributed by atoms with Crippen molar-refractivity contribution in [3.63, 3.8) is 0 Å². The second-order valence-corrected chi connectivity index (χ2v) is 16.0. The summed E-state index contributed by atoms with van der Waals surface area (Å²) in [5.74, 6) is 0. The minimum Gasteiger partial charge on any atom is -0.454 e. The van der Waals surface area contributed by atoms with Gasteiger partial charge in [-0.05, 0) is 89.0 Å². The minimum atomic E-state index is -0.391. The number of rotatable bonds is 4. The van der Waals surface area contributed by atoms with Crippen LogP contribution in [0.4, 0.5) is 0 Å². The van der Waals surface area contributed by atoms with Gasteiger partial charge in [0.15, 0.2) is 5.58 Å². The van der Waals surface area contributed by atoms with E-state index >= 15 is 0 Å². The Labute approximate surface area is 343 Å². The lowest BCUT2D eigenvalue weighted by atomic mass is 9.99. The topological polar surface area (TPSA) is 23.0 Å². The van der Waals surface area contributed by atoms with Gasteiger partial charge in [0.1, 0.15) is 5.58 Å². The number of nitrogens with zero attached hydrogens (tertiary/aromatic N) is 2. The summed E-state index contributed by atoms with van der Waals surface area (Å²) in [6.07, 6.45) is 0. The van der Waals surface area contributed by atoms with Crippen molar-refractivity contribution < 1.29 is 11.3 Å². The van der Waals surface area contributed by atoms with Crippen LogP contribution in [-0.2, 0) is 0 Å². The van der Waals surface area contributed by atoms with Gasteiger partial charge in [-0.1, -0.05) is 127 Å². The van der Waals surface area contributed by atoms with Gasteiger partial charge >= 0.3 is 0 Å². The molecule has 0 amide bonds. The number of aromatic nitrogens is 2. The molecule has 58 heavy (non-hydrogen) atoms. The van der Waals surface area contributed by atoms with E-state index < -0.39 is 6.04 Å². The first-order valence-electron chi connectivity index (χ1n) is 21.8. The van der Waals surface area contributed by atoms with Crippen molar-refractivity contribution in [2.45, 2.75) is 0 Å². The van der Waals surface area contributed by atoms with Gasteiger partial charge in [-0.3, -0.25) is 0 Å². The summed E-state index contributed by atoms with van der Waals surface area (Å²) >= 11 is 1.65. The zero-order chi connectivity index (χ0) is 42.2. The molecular formula is C54H32N2OS. The van der Waals surface area contributed by atoms with Crippen LogP contribution in [0, 0.1) is 0 Å². The molecule has 0 saturated heterocycles. The number of para-hydroxylation sites is 4. The maximum absolute atomic E-state index is 8.73. The molecule has 0 fully saturated rings. The summed E-state index contributed by atoms with van der Waals surface area (Å²) < 4.78 is 55.5. The second-order valence-electron chi connectivity index (χ2n) is 14.9. The highest BCUT2D eigenvalue weighted by Crippen LogP contribution is 2.43. The minimum absolute atomic E-state index is 0.197. The summed E-state index contributed by atoms with van der Waals surface area (Å²) in [4.78, 5) is 0. The molecular weight excluding hydrogens is 725 g/mol. The molecule has 0 spiro atoms. The van der Waals surface area contributed by atoms with E-state index in [0.717, 1.165) is 97.5 Å². The number of fused-ring (bicyclic) bond motifs is 12. The van der Waals surface area contributed by atoms with E-state index in [4.69, 9.17) is 11.3 Å². The number of furan rings is 1. The van der Waals surface area contributed by atoms with Crippen LogP contribution in [0.3, 0.4) is 0 Å². The highest BCUT2D eigenvalue weighted by atomic mass is 32.1. The summed E-state index contributed by atoms with van der Waals surface area (Å²) in [6, 6.07) is 56.1. The lowest BCUT2D eigenvalue weighted by molar-refractivity contribution is 0.666. The van der Waals surface area contributed by atoms with E-state index in [1.807, 2.05) is 30.3 Å². The van der Waals surface area contributed by atoms with E-state index in [1.165, 1.54) is 10.8 Å². The third kappa shape index (κ3) is 4.49. The second kappa shape index (κ2) is 12.1. The Balaban J connectivity index is 0.956. The van der Waals surface area contributed by atoms with Crippen molar-refractivity contribution >= 4 is 97.1 Å². The van der Waals surface area contributed by atoms with Gasteiger partial charge in [-0.25, -0.2) is 0 Å². The fourth-order valence-corrected chi connectivity index (χ4v) is 10.5. The molecule has 0 bridgehead atoms. The number of benzene rings is 9. The predicted octanol–water partition coefficient (Wildman–Crippen LogP) is 15.5. The van der Waals surface area contributed by atoms with Crippen LogP contribution in [0.25, 0.3) is 119 Å². The van der Waals surface area contributed by atoms with Crippen molar-refractivity contribution in [3.05, 3.63) is 194 Å². The molecule has 0 atom stereocenters. The van der Waals surface area contributed by atoms with Crippen molar-refractivity contribution in [1.29, 1.82) is 0 Å². The third-order valence-electron chi connectivity index (χ3n) is 11.8. The molecule has 0 aliphatic heterocycles. The molecule has 0 unspecified atom stereocenters.